The fourth-order valence-corrected chi connectivity index (χ4v) is 3.02. The van der Waals surface area contributed by atoms with Gasteiger partial charge in [-0.15, -0.1) is 0 Å². The van der Waals surface area contributed by atoms with Crippen LogP contribution in [0.3, 0.4) is 0 Å². The molecule has 1 aliphatic carbocycles. The quantitative estimate of drug-likeness (QED) is 0.556. The van der Waals surface area contributed by atoms with Gasteiger partial charge in [0, 0.05) is 30.2 Å². The lowest BCUT2D eigenvalue weighted by Crippen LogP contribution is -2.22. The lowest BCUT2D eigenvalue weighted by Gasteiger charge is -2.05. The molecule has 0 unspecified atom stereocenters. The molecule has 0 atom stereocenters. The van der Waals surface area contributed by atoms with Crippen LogP contribution in [0.5, 0.6) is 0 Å². The minimum absolute atomic E-state index is 0.0460. The molecule has 18 heavy (non-hydrogen) atoms. The number of nitrogens with one attached hydrogen (secondary N) is 1. The van der Waals surface area contributed by atoms with Crippen molar-refractivity contribution >= 4 is 27.5 Å². The molecule has 1 amide bonds. The highest BCUT2D eigenvalue weighted by atomic mass is 33.1. The van der Waals surface area contributed by atoms with E-state index in [4.69, 9.17) is 5.73 Å². The van der Waals surface area contributed by atoms with Crippen LogP contribution in [0.25, 0.3) is 0 Å². The second-order valence-electron chi connectivity index (χ2n) is 3.48. The van der Waals surface area contributed by atoms with Gasteiger partial charge in [-0.3, -0.25) is 4.79 Å². The van der Waals surface area contributed by atoms with Crippen LogP contribution in [0.1, 0.15) is 6.42 Å². The summed E-state index contributed by atoms with van der Waals surface area (Å²) in [5.74, 6) is 1.78. The van der Waals surface area contributed by atoms with Crippen molar-refractivity contribution in [3.63, 3.8) is 0 Å². The molecule has 0 saturated carbocycles. The van der Waals surface area contributed by atoms with Crippen LogP contribution in [0.15, 0.2) is 48.2 Å². The Morgan fingerprint density at radius 1 is 1.11 bits per heavy atom. The van der Waals surface area contributed by atoms with E-state index in [-0.39, 0.29) is 5.91 Å². The Labute approximate surface area is 116 Å². The van der Waals surface area contributed by atoms with Crippen LogP contribution in [0, 0.1) is 0 Å². The highest BCUT2D eigenvalue weighted by Gasteiger charge is 2.02. The van der Waals surface area contributed by atoms with Crippen molar-refractivity contribution in [2.75, 3.05) is 18.1 Å². The van der Waals surface area contributed by atoms with Crippen LogP contribution < -0.4 is 11.1 Å². The van der Waals surface area contributed by atoms with E-state index in [9.17, 15) is 4.79 Å². The molecule has 3 N–H and O–H groups in total. The average molecular weight is 282 g/mol. The van der Waals surface area contributed by atoms with Crippen molar-refractivity contribution in [1.82, 2.24) is 5.32 Å². The Morgan fingerprint density at radius 2 is 1.83 bits per heavy atom. The lowest BCUT2D eigenvalue weighted by atomic mass is 10.2. The third-order valence-electron chi connectivity index (χ3n) is 1.98. The molecule has 0 aromatic rings. The normalized spacial score (nSPS) is 22.2. The second kappa shape index (κ2) is 10.1. The van der Waals surface area contributed by atoms with E-state index in [1.807, 2.05) is 42.5 Å². The zero-order chi connectivity index (χ0) is 13.1. The summed E-state index contributed by atoms with van der Waals surface area (Å²) in [7, 11) is 3.40. The minimum atomic E-state index is 0.0460. The fourth-order valence-electron chi connectivity index (χ4n) is 1.17. The summed E-state index contributed by atoms with van der Waals surface area (Å²) < 4.78 is 0. The fraction of sp³-hybridized carbons (Fsp3) is 0.308. The summed E-state index contributed by atoms with van der Waals surface area (Å²) in [6, 6.07) is 0. The first-order valence-corrected chi connectivity index (χ1v) is 8.28. The van der Waals surface area contributed by atoms with Gasteiger partial charge in [0.25, 0.3) is 0 Å². The minimum Gasteiger partial charge on any atom is -0.330 e. The van der Waals surface area contributed by atoms with Crippen molar-refractivity contribution in [2.24, 2.45) is 5.73 Å². The van der Waals surface area contributed by atoms with Gasteiger partial charge in [0.15, 0.2) is 0 Å². The molecule has 5 heteroatoms. The Balaban J connectivity index is 2.23. The molecule has 98 valence electrons. The number of carbonyl (C=O) groups is 1. The number of hydrogen-bond acceptors (Lipinski definition) is 4. The van der Waals surface area contributed by atoms with Gasteiger partial charge in [0.05, 0.1) is 0 Å². The van der Waals surface area contributed by atoms with E-state index >= 15 is 0 Å². The van der Waals surface area contributed by atoms with E-state index in [1.165, 1.54) is 0 Å². The Hall–Kier alpha value is -0.910. The summed E-state index contributed by atoms with van der Waals surface area (Å²) in [4.78, 5) is 11.7. The van der Waals surface area contributed by atoms with Gasteiger partial charge in [-0.25, -0.2) is 0 Å². The number of nitrogens with two attached hydrogens (primary N) is 1. The molecular weight excluding hydrogens is 264 g/mol. The van der Waals surface area contributed by atoms with Crippen molar-refractivity contribution in [3.05, 3.63) is 48.2 Å². The Morgan fingerprint density at radius 3 is 2.67 bits per heavy atom. The Bertz CT molecular complexity index is 373. The highest BCUT2D eigenvalue weighted by molar-refractivity contribution is 8.76. The lowest BCUT2D eigenvalue weighted by molar-refractivity contribution is -0.119. The molecule has 0 aromatic carbocycles. The van der Waals surface area contributed by atoms with Crippen LogP contribution >= 0.6 is 21.6 Å². The van der Waals surface area contributed by atoms with Crippen molar-refractivity contribution < 1.29 is 4.79 Å². The summed E-state index contributed by atoms with van der Waals surface area (Å²) in [5, 5.41) is 2.88. The monoisotopic (exact) mass is 282 g/mol. The maximum Gasteiger partial charge on any atom is 0.225 e. The van der Waals surface area contributed by atoms with Crippen LogP contribution in [-0.4, -0.2) is 24.0 Å². The van der Waals surface area contributed by atoms with Gasteiger partial charge >= 0.3 is 0 Å². The van der Waals surface area contributed by atoms with Gasteiger partial charge in [-0.05, 0) is 12.2 Å². The number of hydrogen-bond donors (Lipinski definition) is 2. The van der Waals surface area contributed by atoms with Crippen molar-refractivity contribution in [2.45, 2.75) is 6.42 Å². The molecular formula is C13H18N2OS2. The van der Waals surface area contributed by atoms with E-state index in [1.54, 1.807) is 21.6 Å². The van der Waals surface area contributed by atoms with Crippen LogP contribution in [0.2, 0.25) is 0 Å². The molecule has 0 bridgehead atoms. The maximum absolute atomic E-state index is 11.7. The average Bonchev–Trinajstić information content (AvgIpc) is 2.32. The first kappa shape index (κ1) is 15.1. The third kappa shape index (κ3) is 7.42. The van der Waals surface area contributed by atoms with E-state index in [0.717, 1.165) is 17.2 Å². The molecule has 0 heterocycles. The molecule has 1 aliphatic rings. The molecule has 3 nitrogen and oxygen atoms in total. The summed E-state index contributed by atoms with van der Waals surface area (Å²) in [6.07, 6.45) is 13.9. The van der Waals surface area contributed by atoms with Gasteiger partial charge in [0.1, 0.15) is 0 Å². The van der Waals surface area contributed by atoms with E-state index in [2.05, 4.69) is 5.32 Å². The third-order valence-corrected chi connectivity index (χ3v) is 4.42. The first-order valence-electron chi connectivity index (χ1n) is 5.79. The van der Waals surface area contributed by atoms with E-state index in [0.29, 0.717) is 13.0 Å². The molecule has 0 aliphatic heterocycles. The molecule has 0 radical (unpaired) electrons. The van der Waals surface area contributed by atoms with Gasteiger partial charge in [-0.2, -0.15) is 0 Å². The summed E-state index contributed by atoms with van der Waals surface area (Å²) in [5.41, 5.74) is 6.20. The smallest absolute Gasteiger partial charge is 0.225 e. The van der Waals surface area contributed by atoms with Gasteiger partial charge in [-0.1, -0.05) is 52.0 Å². The standard InChI is InChI=1S/C13H18N2OS2/c14-9-11-18-17-10-8-13(16)15-12-6-4-2-1-3-5-7-12/h1-7H,8-11,14H2,(H,15,16)/b2-1-,3-1?,4-2?,5-3-,6-4-,7-5?,12-6?,12-7+. The highest BCUT2D eigenvalue weighted by Crippen LogP contribution is 2.20. The maximum atomic E-state index is 11.7. The van der Waals surface area contributed by atoms with Crippen LogP contribution in [0.4, 0.5) is 0 Å². The zero-order valence-electron chi connectivity index (χ0n) is 10.2. The van der Waals surface area contributed by atoms with Gasteiger partial charge in [0.2, 0.25) is 5.91 Å². The predicted octanol–water partition coefficient (Wildman–Crippen LogP) is 2.40. The number of rotatable bonds is 7. The number of amides is 1. The zero-order valence-corrected chi connectivity index (χ0v) is 11.8. The molecule has 0 aromatic heterocycles. The summed E-state index contributed by atoms with van der Waals surface area (Å²) in [6.45, 7) is 0.682. The first-order chi connectivity index (χ1) is 8.83. The molecule has 0 spiro atoms. The molecule has 0 saturated heterocycles. The topological polar surface area (TPSA) is 55.1 Å². The second-order valence-corrected chi connectivity index (χ2v) is 6.18. The SMILES string of the molecule is NCCSSCCC(=O)NC1=C/C=C\C=C/C=C\1. The van der Waals surface area contributed by atoms with E-state index < -0.39 is 0 Å². The number of carbonyl (C=O) groups excluding carboxylic acids is 1. The number of allylic oxidation sites excluding steroid dienone is 7. The Kier molecular flexibility index (Phi) is 8.46. The van der Waals surface area contributed by atoms with Crippen LogP contribution in [-0.2, 0) is 4.79 Å². The van der Waals surface area contributed by atoms with Crippen molar-refractivity contribution in [3.8, 4) is 0 Å². The predicted molar refractivity (Wildman–Crippen MR) is 82.2 cm³/mol. The molecule has 1 rings (SSSR count). The van der Waals surface area contributed by atoms with Gasteiger partial charge < -0.3 is 11.1 Å². The summed E-state index contributed by atoms with van der Waals surface area (Å²) >= 11 is 0. The largest absolute Gasteiger partial charge is 0.330 e. The molecule has 0 fully saturated rings. The van der Waals surface area contributed by atoms with Crippen molar-refractivity contribution in [1.29, 1.82) is 0 Å².